The predicted molar refractivity (Wildman–Crippen MR) is 131 cm³/mol. The number of carbonyl (C=O) groups is 1. The van der Waals surface area contributed by atoms with Gasteiger partial charge in [0.1, 0.15) is 16.1 Å². The number of thiazole rings is 1. The molecule has 3 N–H and O–H groups in total. The number of nitrogens with one attached hydrogen (secondary N) is 1. The minimum absolute atomic E-state index is 0.441. The Bertz CT molecular complexity index is 1320. The van der Waals surface area contributed by atoms with Crippen LogP contribution in [0.1, 0.15) is 30.1 Å². The summed E-state index contributed by atoms with van der Waals surface area (Å²) in [6, 6.07) is 13.6. The number of amides is 1. The van der Waals surface area contributed by atoms with E-state index in [0.29, 0.717) is 28.8 Å². The highest BCUT2D eigenvalue weighted by Crippen LogP contribution is 2.34. The smallest absolute Gasteiger partial charge is 0.248 e. The van der Waals surface area contributed by atoms with E-state index < -0.39 is 5.91 Å². The first kappa shape index (κ1) is 21.1. The lowest BCUT2D eigenvalue weighted by Crippen LogP contribution is -2.26. The summed E-state index contributed by atoms with van der Waals surface area (Å²) < 4.78 is 5.57. The second-order valence-electron chi connectivity index (χ2n) is 8.07. The second-order valence-corrected chi connectivity index (χ2v) is 8.91. The number of nitrogens with zero attached hydrogens (tertiary/aromatic N) is 4. The van der Waals surface area contributed by atoms with Gasteiger partial charge in [-0.25, -0.2) is 15.0 Å². The van der Waals surface area contributed by atoms with Gasteiger partial charge in [-0.1, -0.05) is 12.1 Å². The summed E-state index contributed by atoms with van der Waals surface area (Å²) in [5.74, 6) is 1.47. The molecule has 4 aromatic rings. The van der Waals surface area contributed by atoms with Crippen LogP contribution in [0.4, 0.5) is 17.2 Å². The fraction of sp³-hybridized carbons (Fsp3) is 0.250. The molecule has 0 aliphatic carbocycles. The Morgan fingerprint density at radius 2 is 2.03 bits per heavy atom. The highest BCUT2D eigenvalue weighted by atomic mass is 32.1. The van der Waals surface area contributed by atoms with E-state index in [4.69, 9.17) is 15.5 Å². The van der Waals surface area contributed by atoms with Crippen LogP contribution in [0, 0.1) is 0 Å². The maximum Gasteiger partial charge on any atom is 0.248 e. The minimum Gasteiger partial charge on any atom is -0.497 e. The van der Waals surface area contributed by atoms with E-state index in [1.165, 1.54) is 24.2 Å². The van der Waals surface area contributed by atoms with Gasteiger partial charge in [-0.05, 0) is 38.0 Å². The van der Waals surface area contributed by atoms with Gasteiger partial charge in [-0.15, -0.1) is 11.3 Å². The molecule has 33 heavy (non-hydrogen) atoms. The average Bonchev–Trinajstić information content (AvgIpc) is 3.47. The third kappa shape index (κ3) is 4.19. The van der Waals surface area contributed by atoms with Crippen molar-refractivity contribution in [3.8, 4) is 17.1 Å². The van der Waals surface area contributed by atoms with Crippen molar-refractivity contribution < 1.29 is 9.53 Å². The Morgan fingerprint density at radius 1 is 1.21 bits per heavy atom. The van der Waals surface area contributed by atoms with Crippen LogP contribution in [0.3, 0.4) is 0 Å². The number of nitrogens with two attached hydrogens (primary N) is 1. The molecular weight excluding hydrogens is 436 g/mol. The summed E-state index contributed by atoms with van der Waals surface area (Å²) in [4.78, 5) is 28.5. The van der Waals surface area contributed by atoms with Crippen LogP contribution in [0.25, 0.3) is 21.7 Å². The van der Waals surface area contributed by atoms with Crippen LogP contribution >= 0.6 is 11.3 Å². The highest BCUT2D eigenvalue weighted by molar-refractivity contribution is 7.16. The zero-order chi connectivity index (χ0) is 22.9. The molecule has 5 rings (SSSR count). The van der Waals surface area contributed by atoms with E-state index in [-0.39, 0.29) is 0 Å². The third-order valence-corrected chi connectivity index (χ3v) is 6.62. The number of fused-ring (bicyclic) bond motifs is 1. The lowest BCUT2D eigenvalue weighted by Gasteiger charge is -2.25. The molecule has 9 heteroatoms. The van der Waals surface area contributed by atoms with Gasteiger partial charge in [-0.2, -0.15) is 0 Å². The Hall–Kier alpha value is -3.72. The summed E-state index contributed by atoms with van der Waals surface area (Å²) in [5, 5.41) is 3.44. The molecule has 0 saturated carbocycles. The van der Waals surface area contributed by atoms with Crippen molar-refractivity contribution in [1.82, 2.24) is 15.0 Å². The Morgan fingerprint density at radius 3 is 2.73 bits per heavy atom. The third-order valence-electron chi connectivity index (χ3n) is 5.90. The van der Waals surface area contributed by atoms with E-state index in [1.54, 1.807) is 36.9 Å². The number of hydrogen-bond acceptors (Lipinski definition) is 8. The van der Waals surface area contributed by atoms with Gasteiger partial charge >= 0.3 is 0 Å². The first-order valence-corrected chi connectivity index (χ1v) is 11.6. The van der Waals surface area contributed by atoms with Gasteiger partial charge in [-0.3, -0.25) is 4.79 Å². The highest BCUT2D eigenvalue weighted by Gasteiger charge is 2.22. The zero-order valence-corrected chi connectivity index (χ0v) is 19.2. The van der Waals surface area contributed by atoms with Gasteiger partial charge in [0.05, 0.1) is 12.6 Å². The quantitative estimate of drug-likeness (QED) is 0.433. The molecule has 1 aliphatic rings. The van der Waals surface area contributed by atoms with Crippen LogP contribution < -0.4 is 20.7 Å². The number of methoxy groups -OCH3 is 1. The van der Waals surface area contributed by atoms with Crippen LogP contribution in [-0.4, -0.2) is 40.6 Å². The molecule has 2 aromatic carbocycles. The summed E-state index contributed by atoms with van der Waals surface area (Å²) in [5.41, 5.74) is 11.0. The summed E-state index contributed by atoms with van der Waals surface area (Å²) in [6.07, 6.45) is 2.37. The molecule has 1 amide bonds. The van der Waals surface area contributed by atoms with Crippen molar-refractivity contribution in [2.75, 3.05) is 23.9 Å². The van der Waals surface area contributed by atoms with E-state index in [9.17, 15) is 4.79 Å². The Balaban J connectivity index is 1.54. The lowest BCUT2D eigenvalue weighted by atomic mass is 10.1. The van der Waals surface area contributed by atoms with Gasteiger partial charge in [0, 0.05) is 47.2 Å². The Labute approximate surface area is 195 Å². The monoisotopic (exact) mass is 460 g/mol. The molecule has 3 heterocycles. The fourth-order valence-corrected chi connectivity index (χ4v) is 4.81. The minimum atomic E-state index is -0.469. The topological polar surface area (TPSA) is 106 Å². The number of anilines is 3. The van der Waals surface area contributed by atoms with Crippen LogP contribution in [0.2, 0.25) is 0 Å². The molecule has 1 saturated heterocycles. The largest absolute Gasteiger partial charge is 0.497 e. The zero-order valence-electron chi connectivity index (χ0n) is 18.4. The van der Waals surface area contributed by atoms with Gasteiger partial charge in [0.2, 0.25) is 5.91 Å². The maximum atomic E-state index is 11.4. The molecule has 1 aliphatic heterocycles. The van der Waals surface area contributed by atoms with Crippen molar-refractivity contribution in [2.45, 2.75) is 25.8 Å². The molecule has 0 unspecified atom stereocenters. The lowest BCUT2D eigenvalue weighted by molar-refractivity contribution is 0.100. The van der Waals surface area contributed by atoms with E-state index in [0.717, 1.165) is 34.1 Å². The fourth-order valence-electron chi connectivity index (χ4n) is 4.15. The number of carbonyl (C=O) groups excluding carboxylic acids is 1. The average molecular weight is 461 g/mol. The summed E-state index contributed by atoms with van der Waals surface area (Å²) in [7, 11) is 1.67. The van der Waals surface area contributed by atoms with Gasteiger partial charge < -0.3 is 20.7 Å². The van der Waals surface area contributed by atoms with E-state index >= 15 is 0 Å². The van der Waals surface area contributed by atoms with Crippen molar-refractivity contribution in [3.05, 3.63) is 53.5 Å². The van der Waals surface area contributed by atoms with Crippen molar-refractivity contribution >= 4 is 44.8 Å². The van der Waals surface area contributed by atoms with E-state index in [1.807, 2.05) is 6.07 Å². The molecule has 8 nitrogen and oxygen atoms in total. The molecule has 0 radical (unpaired) electrons. The van der Waals surface area contributed by atoms with Crippen molar-refractivity contribution in [1.29, 1.82) is 0 Å². The van der Waals surface area contributed by atoms with Gasteiger partial charge in [0.15, 0.2) is 11.6 Å². The number of primary amides is 1. The standard InChI is InChI=1S/C24H24N6O2S/c1-14-4-3-9-30(14)18-10-17(11-19(12-18)32-2)27-23-20-24(33-13-26-20)29-22(28-23)16-7-5-15(6-8-16)21(25)31/h5-8,10-14H,3-4,9H2,1-2H3,(H2,25,31)(H,27,28,29)/t14-/m0/s1. The maximum absolute atomic E-state index is 11.4. The molecule has 1 fully saturated rings. The summed E-state index contributed by atoms with van der Waals surface area (Å²) in [6.45, 7) is 3.28. The van der Waals surface area contributed by atoms with Crippen LogP contribution in [0.15, 0.2) is 48.0 Å². The molecule has 0 spiro atoms. The molecule has 2 aromatic heterocycles. The summed E-state index contributed by atoms with van der Waals surface area (Å²) >= 11 is 1.45. The second kappa shape index (κ2) is 8.67. The normalized spacial score (nSPS) is 15.7. The van der Waals surface area contributed by atoms with Crippen LogP contribution in [-0.2, 0) is 0 Å². The van der Waals surface area contributed by atoms with Crippen molar-refractivity contribution in [3.63, 3.8) is 0 Å². The molecule has 0 bridgehead atoms. The number of aromatic nitrogens is 3. The van der Waals surface area contributed by atoms with E-state index in [2.05, 4.69) is 39.2 Å². The SMILES string of the molecule is COc1cc(Nc2nc(-c3ccc(C(N)=O)cc3)nc3scnc23)cc(N2CCC[C@@H]2C)c1. The number of benzene rings is 2. The molecular formula is C24H24N6O2S. The predicted octanol–water partition coefficient (Wildman–Crippen LogP) is 4.59. The number of ether oxygens (including phenoxy) is 1. The van der Waals surface area contributed by atoms with Gasteiger partial charge in [0.25, 0.3) is 0 Å². The Kier molecular flexibility index (Phi) is 5.55. The molecule has 168 valence electrons. The first-order chi connectivity index (χ1) is 16.0. The van der Waals surface area contributed by atoms with Crippen molar-refractivity contribution in [2.24, 2.45) is 5.73 Å². The number of hydrogen-bond donors (Lipinski definition) is 2. The first-order valence-electron chi connectivity index (χ1n) is 10.8. The molecule has 1 atom stereocenters. The number of rotatable bonds is 6. The van der Waals surface area contributed by atoms with Crippen LogP contribution in [0.5, 0.6) is 5.75 Å².